The summed E-state index contributed by atoms with van der Waals surface area (Å²) in [6.07, 6.45) is 0. The average molecular weight is 297 g/mol. The van der Waals surface area contributed by atoms with Gasteiger partial charge >= 0.3 is 0 Å². The average Bonchev–Trinajstić information content (AvgIpc) is 2.48. The van der Waals surface area contributed by atoms with Crippen molar-refractivity contribution in [3.63, 3.8) is 0 Å². The molecule has 0 radical (unpaired) electrons. The van der Waals surface area contributed by atoms with Crippen LogP contribution < -0.4 is 14.2 Å². The number of methoxy groups -OCH3 is 1. The summed E-state index contributed by atoms with van der Waals surface area (Å²) in [4.78, 5) is 0. The Morgan fingerprint density at radius 1 is 0.900 bits per heavy atom. The Bertz CT molecular complexity index is 558. The van der Waals surface area contributed by atoms with Gasteiger partial charge in [0.2, 0.25) is 0 Å². The zero-order chi connectivity index (χ0) is 14.4. The van der Waals surface area contributed by atoms with Crippen LogP contribution >= 0.6 is 11.6 Å². The summed E-state index contributed by atoms with van der Waals surface area (Å²) in [5.74, 6) is 1.41. The molecule has 5 heteroatoms. The molecule has 0 spiro atoms. The van der Waals surface area contributed by atoms with Gasteiger partial charge in [-0.15, -0.1) is 0 Å². The molecule has 0 bridgehead atoms. The summed E-state index contributed by atoms with van der Waals surface area (Å²) in [6, 6.07) is 11.5. The van der Waals surface area contributed by atoms with Gasteiger partial charge in [-0.05, 0) is 36.4 Å². The molecule has 0 aliphatic heterocycles. The van der Waals surface area contributed by atoms with E-state index in [1.165, 1.54) is 12.1 Å². The standard InChI is InChI=1S/C15H14ClFO3/c1-18-11-2-4-12(5-3-11)19-8-9-20-13-6-7-14(16)15(17)10-13/h2-7,10H,8-9H2,1H3. The summed E-state index contributed by atoms with van der Waals surface area (Å²) < 4.78 is 29.1. The molecule has 0 saturated carbocycles. The van der Waals surface area contributed by atoms with Gasteiger partial charge in [-0.2, -0.15) is 0 Å². The third-order valence-electron chi connectivity index (χ3n) is 2.57. The van der Waals surface area contributed by atoms with Crippen LogP contribution in [0, 0.1) is 5.82 Å². The maximum atomic E-state index is 13.2. The van der Waals surface area contributed by atoms with Gasteiger partial charge in [0.05, 0.1) is 12.1 Å². The van der Waals surface area contributed by atoms with Crippen LogP contribution in [-0.2, 0) is 0 Å². The molecular formula is C15H14ClFO3. The molecule has 0 amide bonds. The highest BCUT2D eigenvalue weighted by Gasteiger charge is 2.02. The van der Waals surface area contributed by atoms with E-state index in [-0.39, 0.29) is 5.02 Å². The molecule has 0 fully saturated rings. The second kappa shape index (κ2) is 7.01. The van der Waals surface area contributed by atoms with Gasteiger partial charge in [-0.1, -0.05) is 11.6 Å². The normalized spacial score (nSPS) is 10.2. The van der Waals surface area contributed by atoms with Gasteiger partial charge in [-0.25, -0.2) is 4.39 Å². The van der Waals surface area contributed by atoms with E-state index >= 15 is 0 Å². The molecule has 0 saturated heterocycles. The largest absolute Gasteiger partial charge is 0.497 e. The number of benzene rings is 2. The first-order valence-electron chi connectivity index (χ1n) is 6.04. The molecule has 0 unspecified atom stereocenters. The minimum atomic E-state index is -0.500. The number of hydrogen-bond donors (Lipinski definition) is 0. The fourth-order valence-corrected chi connectivity index (χ4v) is 1.68. The van der Waals surface area contributed by atoms with Crippen LogP contribution in [-0.4, -0.2) is 20.3 Å². The minimum Gasteiger partial charge on any atom is -0.497 e. The number of rotatable bonds is 6. The lowest BCUT2D eigenvalue weighted by molar-refractivity contribution is 0.216. The lowest BCUT2D eigenvalue weighted by Crippen LogP contribution is -2.09. The van der Waals surface area contributed by atoms with Crippen molar-refractivity contribution in [2.75, 3.05) is 20.3 Å². The van der Waals surface area contributed by atoms with Crippen LogP contribution in [0.4, 0.5) is 4.39 Å². The fraction of sp³-hybridized carbons (Fsp3) is 0.200. The summed E-state index contributed by atoms with van der Waals surface area (Å²) in [5.41, 5.74) is 0. The van der Waals surface area contributed by atoms with E-state index in [1.54, 1.807) is 25.3 Å². The first-order valence-corrected chi connectivity index (χ1v) is 6.41. The maximum absolute atomic E-state index is 13.2. The first-order chi connectivity index (χ1) is 9.69. The molecule has 0 N–H and O–H groups in total. The predicted molar refractivity (Wildman–Crippen MR) is 75.4 cm³/mol. The predicted octanol–water partition coefficient (Wildman–Crippen LogP) is 3.95. The fourth-order valence-electron chi connectivity index (χ4n) is 1.56. The van der Waals surface area contributed by atoms with E-state index in [0.29, 0.717) is 19.0 Å². The monoisotopic (exact) mass is 296 g/mol. The molecule has 0 aliphatic carbocycles. The molecule has 2 aromatic carbocycles. The molecule has 0 aromatic heterocycles. The zero-order valence-electron chi connectivity index (χ0n) is 10.9. The van der Waals surface area contributed by atoms with Gasteiger partial charge in [-0.3, -0.25) is 0 Å². The lowest BCUT2D eigenvalue weighted by atomic mass is 10.3. The molecule has 3 nitrogen and oxygen atoms in total. The van der Waals surface area contributed by atoms with E-state index in [1.807, 2.05) is 12.1 Å². The van der Waals surface area contributed by atoms with Gasteiger partial charge < -0.3 is 14.2 Å². The Balaban J connectivity index is 1.76. The molecule has 0 atom stereocenters. The summed E-state index contributed by atoms with van der Waals surface area (Å²) in [6.45, 7) is 0.670. The SMILES string of the molecule is COc1ccc(OCCOc2ccc(Cl)c(F)c2)cc1. The number of ether oxygens (including phenoxy) is 3. The molecule has 106 valence electrons. The highest BCUT2D eigenvalue weighted by Crippen LogP contribution is 2.20. The summed E-state index contributed by atoms with van der Waals surface area (Å²) in [7, 11) is 1.61. The maximum Gasteiger partial charge on any atom is 0.145 e. The molecule has 2 aromatic rings. The third kappa shape index (κ3) is 4.03. The lowest BCUT2D eigenvalue weighted by Gasteiger charge is -2.09. The van der Waals surface area contributed by atoms with Crippen LogP contribution in [0.25, 0.3) is 0 Å². The molecule has 20 heavy (non-hydrogen) atoms. The van der Waals surface area contributed by atoms with Crippen LogP contribution in [0.3, 0.4) is 0 Å². The number of hydrogen-bond acceptors (Lipinski definition) is 3. The van der Waals surface area contributed by atoms with Crippen LogP contribution in [0.1, 0.15) is 0 Å². The molecular weight excluding hydrogens is 283 g/mol. The summed E-state index contributed by atoms with van der Waals surface area (Å²) in [5, 5.41) is 0.0758. The second-order valence-electron chi connectivity index (χ2n) is 3.95. The highest BCUT2D eigenvalue weighted by molar-refractivity contribution is 6.30. The van der Waals surface area contributed by atoms with Crippen molar-refractivity contribution < 1.29 is 18.6 Å². The van der Waals surface area contributed by atoms with Crippen LogP contribution in [0.15, 0.2) is 42.5 Å². The van der Waals surface area contributed by atoms with E-state index in [9.17, 15) is 4.39 Å². The molecule has 2 rings (SSSR count). The Morgan fingerprint density at radius 2 is 1.45 bits per heavy atom. The Morgan fingerprint density at radius 3 is 2.05 bits per heavy atom. The van der Waals surface area contributed by atoms with Crippen molar-refractivity contribution in [3.8, 4) is 17.2 Å². The summed E-state index contributed by atoms with van der Waals surface area (Å²) >= 11 is 5.58. The van der Waals surface area contributed by atoms with Gasteiger partial charge in [0.25, 0.3) is 0 Å². The topological polar surface area (TPSA) is 27.7 Å². The smallest absolute Gasteiger partial charge is 0.145 e. The van der Waals surface area contributed by atoms with Gasteiger partial charge in [0.15, 0.2) is 0 Å². The van der Waals surface area contributed by atoms with Crippen molar-refractivity contribution >= 4 is 11.6 Å². The van der Waals surface area contributed by atoms with Crippen molar-refractivity contribution in [3.05, 3.63) is 53.3 Å². The van der Waals surface area contributed by atoms with Crippen molar-refractivity contribution in [1.29, 1.82) is 0 Å². The van der Waals surface area contributed by atoms with Crippen molar-refractivity contribution in [2.24, 2.45) is 0 Å². The minimum absolute atomic E-state index is 0.0758. The Labute approximate surface area is 121 Å². The zero-order valence-corrected chi connectivity index (χ0v) is 11.7. The highest BCUT2D eigenvalue weighted by atomic mass is 35.5. The van der Waals surface area contributed by atoms with Crippen molar-refractivity contribution in [1.82, 2.24) is 0 Å². The Kier molecular flexibility index (Phi) is 5.07. The van der Waals surface area contributed by atoms with E-state index in [2.05, 4.69) is 0 Å². The second-order valence-corrected chi connectivity index (χ2v) is 4.36. The van der Waals surface area contributed by atoms with Crippen molar-refractivity contribution in [2.45, 2.75) is 0 Å². The first kappa shape index (κ1) is 14.5. The number of halogens is 2. The van der Waals surface area contributed by atoms with Crippen LogP contribution in [0.2, 0.25) is 5.02 Å². The van der Waals surface area contributed by atoms with E-state index in [0.717, 1.165) is 11.5 Å². The van der Waals surface area contributed by atoms with Gasteiger partial charge in [0.1, 0.15) is 36.3 Å². The quantitative estimate of drug-likeness (QED) is 0.756. The molecule has 0 aliphatic rings. The third-order valence-corrected chi connectivity index (χ3v) is 2.88. The van der Waals surface area contributed by atoms with Crippen LogP contribution in [0.5, 0.6) is 17.2 Å². The molecule has 0 heterocycles. The van der Waals surface area contributed by atoms with Gasteiger partial charge in [0, 0.05) is 6.07 Å². The van der Waals surface area contributed by atoms with E-state index < -0.39 is 5.82 Å². The Hall–Kier alpha value is -1.94. The van der Waals surface area contributed by atoms with E-state index in [4.69, 9.17) is 25.8 Å².